The summed E-state index contributed by atoms with van der Waals surface area (Å²) in [5, 5.41) is 0. The van der Waals surface area contributed by atoms with E-state index in [4.69, 9.17) is 0 Å². The van der Waals surface area contributed by atoms with Gasteiger partial charge >= 0.3 is 6.03 Å². The monoisotopic (exact) mass is 327 g/mol. The summed E-state index contributed by atoms with van der Waals surface area (Å²) in [6.07, 6.45) is 5.25. The van der Waals surface area contributed by atoms with Crippen LogP contribution in [0.4, 0.5) is 10.5 Å². The molecule has 6 heteroatoms. The number of hydrogen-bond donors (Lipinski definition) is 0. The first-order chi connectivity index (χ1) is 11.5. The van der Waals surface area contributed by atoms with Crippen molar-refractivity contribution in [2.75, 3.05) is 32.1 Å². The van der Waals surface area contributed by atoms with Crippen molar-refractivity contribution >= 4 is 29.6 Å². The van der Waals surface area contributed by atoms with Crippen molar-refractivity contribution in [2.24, 2.45) is 0 Å². The van der Waals surface area contributed by atoms with Crippen LogP contribution in [-0.4, -0.2) is 54.8 Å². The summed E-state index contributed by atoms with van der Waals surface area (Å²) in [4.78, 5) is 40.4. The molecule has 24 heavy (non-hydrogen) atoms. The van der Waals surface area contributed by atoms with Crippen molar-refractivity contribution in [1.29, 1.82) is 0 Å². The molecule has 126 valence electrons. The Kier molecular flexibility index (Phi) is 4.38. The Hall–Kier alpha value is -2.63. The molecule has 0 bridgehead atoms. The van der Waals surface area contributed by atoms with Crippen LogP contribution < -0.4 is 4.90 Å². The highest BCUT2D eigenvalue weighted by atomic mass is 16.2. The first-order valence-electron chi connectivity index (χ1n) is 8.16. The van der Waals surface area contributed by atoms with E-state index in [1.54, 1.807) is 6.08 Å². The molecule has 2 aliphatic heterocycles. The van der Waals surface area contributed by atoms with E-state index in [0.717, 1.165) is 34.1 Å². The number of nitrogens with zero attached hydrogens (tertiary/aromatic N) is 3. The van der Waals surface area contributed by atoms with Gasteiger partial charge in [-0.15, -0.1) is 0 Å². The first kappa shape index (κ1) is 16.2. The first-order valence-corrected chi connectivity index (χ1v) is 8.16. The number of piperidine rings is 1. The third-order valence-electron chi connectivity index (χ3n) is 4.57. The maximum absolute atomic E-state index is 12.2. The van der Waals surface area contributed by atoms with Crippen LogP contribution in [0, 0.1) is 0 Å². The summed E-state index contributed by atoms with van der Waals surface area (Å²) in [6, 6.07) is 7.20. The van der Waals surface area contributed by atoms with Crippen LogP contribution in [0.3, 0.4) is 0 Å². The lowest BCUT2D eigenvalue weighted by atomic mass is 10.1. The van der Waals surface area contributed by atoms with Gasteiger partial charge in [-0.25, -0.2) is 4.79 Å². The number of barbiturate groups is 1. The number of anilines is 1. The molecule has 0 atom stereocenters. The molecule has 0 N–H and O–H groups in total. The van der Waals surface area contributed by atoms with Crippen molar-refractivity contribution in [1.82, 2.24) is 9.80 Å². The second kappa shape index (κ2) is 6.47. The van der Waals surface area contributed by atoms with E-state index in [1.165, 1.54) is 33.4 Å². The molecule has 0 unspecified atom stereocenters. The standard InChI is InChI=1S/C18H21N3O3/c1-19-16(22)15(17(23)20(2)18(19)24)12-13-6-8-14(9-7-13)21-10-4-3-5-11-21/h6-9,12H,3-5,10-11H2,1-2H3. The van der Waals surface area contributed by atoms with Crippen LogP contribution in [0.5, 0.6) is 0 Å². The summed E-state index contributed by atoms with van der Waals surface area (Å²) < 4.78 is 0. The zero-order chi connectivity index (χ0) is 17.3. The van der Waals surface area contributed by atoms with Crippen LogP contribution in [0.15, 0.2) is 29.8 Å². The van der Waals surface area contributed by atoms with Crippen molar-refractivity contribution < 1.29 is 14.4 Å². The number of hydrogen-bond acceptors (Lipinski definition) is 4. The highest BCUT2D eigenvalue weighted by molar-refractivity contribution is 6.30. The molecule has 3 rings (SSSR count). The van der Waals surface area contributed by atoms with Crippen LogP contribution in [0.1, 0.15) is 24.8 Å². The van der Waals surface area contributed by atoms with E-state index in [2.05, 4.69) is 4.90 Å². The zero-order valence-electron chi connectivity index (χ0n) is 14.0. The molecule has 0 aliphatic carbocycles. The average Bonchev–Trinajstić information content (AvgIpc) is 2.63. The Labute approximate surface area is 141 Å². The lowest BCUT2D eigenvalue weighted by molar-refractivity contribution is -0.134. The predicted octanol–water partition coefficient (Wildman–Crippen LogP) is 2.11. The number of likely N-dealkylation sites (N-methyl/N-ethyl adjacent to an activating group) is 2. The molecule has 0 aromatic heterocycles. The van der Waals surface area contributed by atoms with E-state index in [-0.39, 0.29) is 5.57 Å². The highest BCUT2D eigenvalue weighted by Gasteiger charge is 2.37. The number of benzene rings is 1. The van der Waals surface area contributed by atoms with Crippen molar-refractivity contribution in [3.63, 3.8) is 0 Å². The summed E-state index contributed by atoms with van der Waals surface area (Å²) >= 11 is 0. The zero-order valence-corrected chi connectivity index (χ0v) is 14.0. The van der Waals surface area contributed by atoms with Crippen molar-refractivity contribution in [2.45, 2.75) is 19.3 Å². The minimum Gasteiger partial charge on any atom is -0.372 e. The number of amides is 4. The number of carbonyl (C=O) groups excluding carboxylic acids is 3. The second-order valence-electron chi connectivity index (χ2n) is 6.21. The third-order valence-corrected chi connectivity index (χ3v) is 4.57. The Morgan fingerprint density at radius 1 is 0.833 bits per heavy atom. The van der Waals surface area contributed by atoms with Crippen molar-refractivity contribution in [3.8, 4) is 0 Å². The van der Waals surface area contributed by atoms with Gasteiger partial charge in [0.2, 0.25) is 0 Å². The smallest absolute Gasteiger partial charge is 0.333 e. The highest BCUT2D eigenvalue weighted by Crippen LogP contribution is 2.22. The minimum atomic E-state index is -0.609. The van der Waals surface area contributed by atoms with E-state index in [1.807, 2.05) is 24.3 Å². The van der Waals surface area contributed by atoms with Gasteiger partial charge in [0.15, 0.2) is 0 Å². The number of carbonyl (C=O) groups is 3. The van der Waals surface area contributed by atoms with Gasteiger partial charge in [-0.1, -0.05) is 12.1 Å². The van der Waals surface area contributed by atoms with Gasteiger partial charge in [-0.3, -0.25) is 19.4 Å². The van der Waals surface area contributed by atoms with Crippen LogP contribution in [0.25, 0.3) is 6.08 Å². The van der Waals surface area contributed by atoms with E-state index < -0.39 is 17.8 Å². The molecule has 4 amide bonds. The molecular weight excluding hydrogens is 306 g/mol. The minimum absolute atomic E-state index is 0.00493. The van der Waals surface area contributed by atoms with E-state index >= 15 is 0 Å². The van der Waals surface area contributed by atoms with Gasteiger partial charge in [0.1, 0.15) is 5.57 Å². The molecule has 2 saturated heterocycles. The summed E-state index contributed by atoms with van der Waals surface area (Å²) in [6.45, 7) is 2.13. The molecule has 1 aromatic carbocycles. The van der Waals surface area contributed by atoms with Crippen LogP contribution in [-0.2, 0) is 9.59 Å². The van der Waals surface area contributed by atoms with E-state index in [0.29, 0.717) is 0 Å². The molecule has 6 nitrogen and oxygen atoms in total. The fourth-order valence-electron chi connectivity index (χ4n) is 3.08. The van der Waals surface area contributed by atoms with Gasteiger partial charge in [0, 0.05) is 32.9 Å². The molecule has 1 aromatic rings. The molecular formula is C18H21N3O3. The Bertz CT molecular complexity index is 677. The molecule has 2 aliphatic rings. The number of urea groups is 1. The lowest BCUT2D eigenvalue weighted by Crippen LogP contribution is -2.52. The summed E-state index contributed by atoms with van der Waals surface area (Å²) in [5.74, 6) is -1.13. The Morgan fingerprint density at radius 2 is 1.38 bits per heavy atom. The Balaban J connectivity index is 1.83. The summed E-state index contributed by atoms with van der Waals surface area (Å²) in [7, 11) is 2.75. The van der Waals surface area contributed by atoms with Gasteiger partial charge in [0.25, 0.3) is 11.8 Å². The molecule has 0 spiro atoms. The van der Waals surface area contributed by atoms with Gasteiger partial charge in [-0.2, -0.15) is 0 Å². The fraction of sp³-hybridized carbons (Fsp3) is 0.389. The normalized spacial score (nSPS) is 19.2. The number of imide groups is 2. The third kappa shape index (κ3) is 2.91. The quantitative estimate of drug-likeness (QED) is 0.616. The average molecular weight is 327 g/mol. The number of rotatable bonds is 2. The van der Waals surface area contributed by atoms with Crippen molar-refractivity contribution in [3.05, 3.63) is 35.4 Å². The maximum Gasteiger partial charge on any atom is 0.333 e. The lowest BCUT2D eigenvalue weighted by Gasteiger charge is -2.29. The van der Waals surface area contributed by atoms with Gasteiger partial charge in [-0.05, 0) is 43.0 Å². The SMILES string of the molecule is CN1C(=O)C(=Cc2ccc(N3CCCCC3)cc2)C(=O)N(C)C1=O. The van der Waals surface area contributed by atoms with Crippen LogP contribution in [0.2, 0.25) is 0 Å². The topological polar surface area (TPSA) is 60.9 Å². The Morgan fingerprint density at radius 3 is 1.92 bits per heavy atom. The largest absolute Gasteiger partial charge is 0.372 e. The second-order valence-corrected chi connectivity index (χ2v) is 6.21. The maximum atomic E-state index is 12.2. The predicted molar refractivity (Wildman–Crippen MR) is 91.4 cm³/mol. The van der Waals surface area contributed by atoms with Gasteiger partial charge in [0.05, 0.1) is 0 Å². The van der Waals surface area contributed by atoms with Crippen LogP contribution >= 0.6 is 0 Å². The molecule has 0 radical (unpaired) electrons. The summed E-state index contributed by atoms with van der Waals surface area (Å²) in [5.41, 5.74) is 1.93. The van der Waals surface area contributed by atoms with Gasteiger partial charge < -0.3 is 4.90 Å². The van der Waals surface area contributed by atoms with E-state index in [9.17, 15) is 14.4 Å². The molecule has 2 heterocycles. The molecule has 0 saturated carbocycles. The molecule has 2 fully saturated rings. The fourth-order valence-corrected chi connectivity index (χ4v) is 3.08.